The van der Waals surface area contributed by atoms with E-state index < -0.39 is 0 Å². The second kappa shape index (κ2) is 3.47. The van der Waals surface area contributed by atoms with Gasteiger partial charge in [-0.05, 0) is 30.2 Å². The number of benzene rings is 1. The van der Waals surface area contributed by atoms with Crippen LogP contribution in [-0.2, 0) is 13.0 Å². The van der Waals surface area contributed by atoms with Crippen LogP contribution in [-0.4, -0.2) is 16.7 Å². The highest BCUT2D eigenvalue weighted by atomic mass is 16.5. The molecule has 15 heavy (non-hydrogen) atoms. The highest BCUT2D eigenvalue weighted by Gasteiger charge is 2.15. The van der Waals surface area contributed by atoms with Gasteiger partial charge in [0.1, 0.15) is 0 Å². The van der Waals surface area contributed by atoms with E-state index in [1.807, 2.05) is 12.1 Å². The van der Waals surface area contributed by atoms with E-state index in [4.69, 9.17) is 4.52 Å². The number of hydrogen-bond acceptors (Lipinski definition) is 4. The summed E-state index contributed by atoms with van der Waals surface area (Å²) < 4.78 is 5.10. The van der Waals surface area contributed by atoms with Crippen molar-refractivity contribution in [3.8, 4) is 11.5 Å². The van der Waals surface area contributed by atoms with Crippen LogP contribution in [0.1, 0.15) is 11.1 Å². The Kier molecular flexibility index (Phi) is 1.99. The fourth-order valence-corrected chi connectivity index (χ4v) is 2.02. The molecule has 4 nitrogen and oxygen atoms in total. The van der Waals surface area contributed by atoms with Gasteiger partial charge in [-0.3, -0.25) is 0 Å². The molecule has 0 fully saturated rings. The van der Waals surface area contributed by atoms with Crippen LogP contribution in [0.15, 0.2) is 29.0 Å². The van der Waals surface area contributed by atoms with Crippen molar-refractivity contribution >= 4 is 0 Å². The summed E-state index contributed by atoms with van der Waals surface area (Å²) in [5.74, 6) is 0.619. The lowest BCUT2D eigenvalue weighted by Crippen LogP contribution is -2.24. The Morgan fingerprint density at radius 3 is 3.20 bits per heavy atom. The standard InChI is InChI=1S/C11H11N3O/c1-2-8-6-12-5-4-9(8)10(3-1)11-13-7-14-15-11/h1-3,7,12H,4-6H2. The zero-order chi connectivity index (χ0) is 10.1. The second-order valence-electron chi connectivity index (χ2n) is 3.62. The lowest BCUT2D eigenvalue weighted by Gasteiger charge is -2.18. The Labute approximate surface area is 87.3 Å². The van der Waals surface area contributed by atoms with Gasteiger partial charge in [-0.25, -0.2) is 0 Å². The van der Waals surface area contributed by atoms with Crippen LogP contribution in [0.25, 0.3) is 11.5 Å². The molecule has 76 valence electrons. The number of rotatable bonds is 1. The first kappa shape index (κ1) is 8.61. The van der Waals surface area contributed by atoms with E-state index in [-0.39, 0.29) is 0 Å². The summed E-state index contributed by atoms with van der Waals surface area (Å²) >= 11 is 0. The SMILES string of the molecule is c1cc2c(c(-c3ncno3)c1)CCNC2. The van der Waals surface area contributed by atoms with Gasteiger partial charge in [0.25, 0.3) is 5.89 Å². The van der Waals surface area contributed by atoms with E-state index in [1.165, 1.54) is 17.5 Å². The number of aromatic nitrogens is 2. The van der Waals surface area contributed by atoms with Crippen LogP contribution in [0.5, 0.6) is 0 Å². The third-order valence-corrected chi connectivity index (χ3v) is 2.73. The van der Waals surface area contributed by atoms with Gasteiger partial charge in [-0.15, -0.1) is 0 Å². The smallest absolute Gasteiger partial charge is 0.257 e. The summed E-state index contributed by atoms with van der Waals surface area (Å²) in [6.07, 6.45) is 2.46. The summed E-state index contributed by atoms with van der Waals surface area (Å²) in [4.78, 5) is 4.10. The minimum Gasteiger partial charge on any atom is -0.334 e. The van der Waals surface area contributed by atoms with E-state index in [2.05, 4.69) is 21.5 Å². The molecule has 1 N–H and O–H groups in total. The number of hydrogen-bond donors (Lipinski definition) is 1. The highest BCUT2D eigenvalue weighted by Crippen LogP contribution is 2.26. The third kappa shape index (κ3) is 1.43. The maximum absolute atomic E-state index is 5.10. The third-order valence-electron chi connectivity index (χ3n) is 2.73. The van der Waals surface area contributed by atoms with Crippen LogP contribution in [0, 0.1) is 0 Å². The monoisotopic (exact) mass is 201 g/mol. The van der Waals surface area contributed by atoms with Gasteiger partial charge in [-0.1, -0.05) is 17.3 Å². The van der Waals surface area contributed by atoms with Crippen LogP contribution < -0.4 is 5.32 Å². The summed E-state index contributed by atoms with van der Waals surface area (Å²) in [7, 11) is 0. The summed E-state index contributed by atoms with van der Waals surface area (Å²) in [6, 6.07) is 6.21. The molecule has 0 bridgehead atoms. The van der Waals surface area contributed by atoms with Crippen LogP contribution in [0.4, 0.5) is 0 Å². The van der Waals surface area contributed by atoms with Crippen molar-refractivity contribution in [3.05, 3.63) is 35.7 Å². The van der Waals surface area contributed by atoms with Crippen LogP contribution >= 0.6 is 0 Å². The molecule has 2 aromatic rings. The van der Waals surface area contributed by atoms with Crippen LogP contribution in [0.2, 0.25) is 0 Å². The predicted octanol–water partition coefficient (Wildman–Crippen LogP) is 1.38. The van der Waals surface area contributed by atoms with E-state index in [0.717, 1.165) is 25.1 Å². The Hall–Kier alpha value is -1.68. The molecule has 1 aliphatic heterocycles. The Morgan fingerprint density at radius 2 is 2.33 bits per heavy atom. The van der Waals surface area contributed by atoms with Crippen LogP contribution in [0.3, 0.4) is 0 Å². The second-order valence-corrected chi connectivity index (χ2v) is 3.62. The molecule has 1 aromatic heterocycles. The summed E-state index contributed by atoms with van der Waals surface area (Å²) in [5, 5.41) is 6.99. The summed E-state index contributed by atoms with van der Waals surface area (Å²) in [6.45, 7) is 1.94. The molecule has 2 heterocycles. The molecule has 0 saturated carbocycles. The quantitative estimate of drug-likeness (QED) is 0.757. The van der Waals surface area contributed by atoms with Gasteiger partial charge in [0.05, 0.1) is 0 Å². The number of nitrogens with zero attached hydrogens (tertiary/aromatic N) is 2. The Balaban J connectivity index is 2.15. The first-order chi connectivity index (χ1) is 7.45. The average Bonchev–Trinajstić information content (AvgIpc) is 2.82. The largest absolute Gasteiger partial charge is 0.334 e. The number of nitrogens with one attached hydrogen (secondary N) is 1. The van der Waals surface area contributed by atoms with Crippen molar-refractivity contribution in [3.63, 3.8) is 0 Å². The fraction of sp³-hybridized carbons (Fsp3) is 0.273. The lowest BCUT2D eigenvalue weighted by atomic mass is 9.95. The van der Waals surface area contributed by atoms with Crippen molar-refractivity contribution < 1.29 is 4.52 Å². The Bertz CT molecular complexity index is 465. The normalized spacial score (nSPS) is 14.9. The molecule has 0 radical (unpaired) electrons. The van der Waals surface area contributed by atoms with Crippen molar-refractivity contribution in [2.24, 2.45) is 0 Å². The van der Waals surface area contributed by atoms with Gasteiger partial charge in [0.2, 0.25) is 0 Å². The van der Waals surface area contributed by atoms with Crippen molar-refractivity contribution in [1.82, 2.24) is 15.5 Å². The molecule has 3 rings (SSSR count). The maximum atomic E-state index is 5.10. The van der Waals surface area contributed by atoms with Crippen molar-refractivity contribution in [1.29, 1.82) is 0 Å². The molecule has 0 atom stereocenters. The Morgan fingerprint density at radius 1 is 1.33 bits per heavy atom. The lowest BCUT2D eigenvalue weighted by molar-refractivity contribution is 0.429. The molecule has 0 unspecified atom stereocenters. The minimum atomic E-state index is 0.619. The van der Waals surface area contributed by atoms with Gasteiger partial charge < -0.3 is 9.84 Å². The van der Waals surface area contributed by atoms with E-state index in [9.17, 15) is 0 Å². The molecule has 4 heteroatoms. The molecule has 1 aromatic carbocycles. The van der Waals surface area contributed by atoms with Gasteiger partial charge >= 0.3 is 0 Å². The minimum absolute atomic E-state index is 0.619. The fourth-order valence-electron chi connectivity index (χ4n) is 2.02. The predicted molar refractivity (Wildman–Crippen MR) is 55.1 cm³/mol. The molecule has 1 aliphatic rings. The first-order valence-electron chi connectivity index (χ1n) is 5.03. The molecular formula is C11H11N3O. The van der Waals surface area contributed by atoms with Gasteiger partial charge in [0.15, 0.2) is 6.33 Å². The molecular weight excluding hydrogens is 190 g/mol. The zero-order valence-corrected chi connectivity index (χ0v) is 8.23. The van der Waals surface area contributed by atoms with Crippen molar-refractivity contribution in [2.45, 2.75) is 13.0 Å². The zero-order valence-electron chi connectivity index (χ0n) is 8.23. The maximum Gasteiger partial charge on any atom is 0.257 e. The van der Waals surface area contributed by atoms with E-state index in [0.29, 0.717) is 5.89 Å². The number of fused-ring (bicyclic) bond motifs is 1. The molecule has 0 spiro atoms. The van der Waals surface area contributed by atoms with Gasteiger partial charge in [0, 0.05) is 12.1 Å². The highest BCUT2D eigenvalue weighted by molar-refractivity contribution is 5.61. The molecule has 0 saturated heterocycles. The van der Waals surface area contributed by atoms with E-state index in [1.54, 1.807) is 0 Å². The van der Waals surface area contributed by atoms with E-state index >= 15 is 0 Å². The first-order valence-corrected chi connectivity index (χ1v) is 5.03. The average molecular weight is 201 g/mol. The van der Waals surface area contributed by atoms with Crippen molar-refractivity contribution in [2.75, 3.05) is 6.54 Å². The topological polar surface area (TPSA) is 51.0 Å². The molecule has 0 amide bonds. The van der Waals surface area contributed by atoms with Gasteiger partial charge in [-0.2, -0.15) is 4.98 Å². The molecule has 0 aliphatic carbocycles. The summed E-state index contributed by atoms with van der Waals surface area (Å²) in [5.41, 5.74) is 3.74.